The molecule has 0 unspecified atom stereocenters. The van der Waals surface area contributed by atoms with Crippen LogP contribution in [0.5, 0.6) is 17.2 Å². The molecule has 1 aliphatic rings. The van der Waals surface area contributed by atoms with E-state index in [9.17, 15) is 10.2 Å². The minimum Gasteiger partial charge on any atom is -0.508 e. The van der Waals surface area contributed by atoms with Crippen LogP contribution in [0.1, 0.15) is 30.4 Å². The molecule has 1 heterocycles. The number of hydrogen-bond acceptors (Lipinski definition) is 4. The Morgan fingerprint density at radius 3 is 2.43 bits per heavy atom. The first-order chi connectivity index (χ1) is 13.7. The Labute approximate surface area is 166 Å². The molecule has 2 N–H and O–H groups in total. The number of rotatable bonds is 6. The molecule has 0 bridgehead atoms. The van der Waals surface area contributed by atoms with Gasteiger partial charge in [-0.05, 0) is 72.6 Å². The molecular weight excluding hydrogens is 350 g/mol. The summed E-state index contributed by atoms with van der Waals surface area (Å²) in [6, 6.07) is 16.9. The van der Waals surface area contributed by atoms with Crippen LogP contribution in [-0.4, -0.2) is 41.4 Å². The number of nitrogens with zero attached hydrogens (tertiary/aromatic N) is 1. The number of piperidine rings is 1. The highest BCUT2D eigenvalue weighted by atomic mass is 16.5. The van der Waals surface area contributed by atoms with Crippen LogP contribution in [0, 0.1) is 0 Å². The van der Waals surface area contributed by atoms with E-state index in [1.54, 1.807) is 18.2 Å². The normalized spacial score (nSPS) is 15.0. The fourth-order valence-corrected chi connectivity index (χ4v) is 3.94. The maximum atomic E-state index is 10.3. The molecule has 0 atom stereocenters. The van der Waals surface area contributed by atoms with Crippen molar-refractivity contribution in [3.63, 3.8) is 0 Å². The quantitative estimate of drug-likeness (QED) is 0.653. The summed E-state index contributed by atoms with van der Waals surface area (Å²) in [6.45, 7) is 4.08. The van der Waals surface area contributed by atoms with E-state index in [1.165, 1.54) is 32.4 Å². The van der Waals surface area contributed by atoms with Gasteiger partial charge < -0.3 is 14.9 Å². The zero-order valence-corrected chi connectivity index (χ0v) is 16.1. The summed E-state index contributed by atoms with van der Waals surface area (Å²) in [7, 11) is 0. The largest absolute Gasteiger partial charge is 0.508 e. The minimum atomic E-state index is 0.232. The Morgan fingerprint density at radius 1 is 0.857 bits per heavy atom. The monoisotopic (exact) mass is 377 g/mol. The van der Waals surface area contributed by atoms with Crippen LogP contribution in [-0.2, 0) is 6.42 Å². The molecule has 4 rings (SSSR count). The van der Waals surface area contributed by atoms with Crippen LogP contribution < -0.4 is 4.74 Å². The van der Waals surface area contributed by atoms with E-state index in [0.29, 0.717) is 13.0 Å². The topological polar surface area (TPSA) is 52.9 Å². The van der Waals surface area contributed by atoms with Gasteiger partial charge in [0.15, 0.2) is 0 Å². The van der Waals surface area contributed by atoms with Gasteiger partial charge in [0.25, 0.3) is 0 Å². The standard InChI is InChI=1S/C24H27NO3/c26-20-7-10-22-19(17-20)6-11-24(27)23(22)16-18-4-8-21(9-5-18)28-15-14-25-12-2-1-3-13-25/h4-11,17,26-27H,1-3,12-16H2. The van der Waals surface area contributed by atoms with E-state index >= 15 is 0 Å². The molecule has 0 amide bonds. The van der Waals surface area contributed by atoms with E-state index in [-0.39, 0.29) is 11.5 Å². The molecule has 0 saturated carbocycles. The summed E-state index contributed by atoms with van der Waals surface area (Å²) >= 11 is 0. The number of likely N-dealkylation sites (tertiary alicyclic amines) is 1. The highest BCUT2D eigenvalue weighted by Crippen LogP contribution is 2.31. The summed E-state index contributed by atoms with van der Waals surface area (Å²) in [4.78, 5) is 2.47. The van der Waals surface area contributed by atoms with Crippen LogP contribution in [0.3, 0.4) is 0 Å². The Morgan fingerprint density at radius 2 is 1.64 bits per heavy atom. The van der Waals surface area contributed by atoms with E-state index < -0.39 is 0 Å². The number of fused-ring (bicyclic) bond motifs is 1. The highest BCUT2D eigenvalue weighted by molar-refractivity contribution is 5.89. The van der Waals surface area contributed by atoms with Gasteiger partial charge in [0.05, 0.1) is 0 Å². The van der Waals surface area contributed by atoms with Crippen LogP contribution in [0.4, 0.5) is 0 Å². The second kappa shape index (κ2) is 8.53. The molecule has 1 aliphatic heterocycles. The molecule has 3 aromatic carbocycles. The molecule has 0 spiro atoms. The second-order valence-electron chi connectivity index (χ2n) is 7.54. The van der Waals surface area contributed by atoms with Crippen molar-refractivity contribution in [3.8, 4) is 17.2 Å². The second-order valence-corrected chi connectivity index (χ2v) is 7.54. The predicted octanol–water partition coefficient (Wildman–Crippen LogP) is 4.71. The first-order valence-corrected chi connectivity index (χ1v) is 10.1. The van der Waals surface area contributed by atoms with Gasteiger partial charge >= 0.3 is 0 Å². The third-order valence-electron chi connectivity index (χ3n) is 5.52. The van der Waals surface area contributed by atoms with Gasteiger partial charge in [-0.2, -0.15) is 0 Å². The number of phenols is 2. The zero-order chi connectivity index (χ0) is 19.3. The summed E-state index contributed by atoms with van der Waals surface area (Å²) in [5, 5.41) is 21.9. The smallest absolute Gasteiger partial charge is 0.119 e. The van der Waals surface area contributed by atoms with E-state index in [0.717, 1.165) is 34.2 Å². The molecule has 1 saturated heterocycles. The summed E-state index contributed by atoms with van der Waals surface area (Å²) in [5.41, 5.74) is 1.98. The van der Waals surface area contributed by atoms with E-state index in [4.69, 9.17) is 4.74 Å². The van der Waals surface area contributed by atoms with Crippen LogP contribution >= 0.6 is 0 Å². The van der Waals surface area contributed by atoms with Gasteiger partial charge in [0.2, 0.25) is 0 Å². The Kier molecular flexibility index (Phi) is 5.68. The maximum Gasteiger partial charge on any atom is 0.119 e. The number of phenolic OH excluding ortho intramolecular Hbond substituents is 2. The van der Waals surface area contributed by atoms with Crippen LogP contribution in [0.2, 0.25) is 0 Å². The van der Waals surface area contributed by atoms with Gasteiger partial charge in [0.1, 0.15) is 23.9 Å². The molecule has 4 heteroatoms. The molecule has 1 fully saturated rings. The lowest BCUT2D eigenvalue weighted by Crippen LogP contribution is -2.33. The molecule has 0 radical (unpaired) electrons. The fraction of sp³-hybridized carbons (Fsp3) is 0.333. The van der Waals surface area contributed by atoms with Gasteiger partial charge in [-0.25, -0.2) is 0 Å². The van der Waals surface area contributed by atoms with Crippen molar-refractivity contribution < 1.29 is 14.9 Å². The first kappa shape index (κ1) is 18.6. The summed E-state index contributed by atoms with van der Waals surface area (Å²) < 4.78 is 5.90. The SMILES string of the molecule is Oc1ccc2c(Cc3ccc(OCCN4CCCCC4)cc3)c(O)ccc2c1. The Balaban J connectivity index is 1.40. The summed E-state index contributed by atoms with van der Waals surface area (Å²) in [6.07, 6.45) is 4.58. The number of aromatic hydroxyl groups is 2. The van der Waals surface area contributed by atoms with Crippen molar-refractivity contribution in [3.05, 3.63) is 65.7 Å². The zero-order valence-electron chi connectivity index (χ0n) is 16.1. The number of hydrogen-bond donors (Lipinski definition) is 2. The van der Waals surface area contributed by atoms with E-state index in [1.807, 2.05) is 24.3 Å². The Bertz CT molecular complexity index is 930. The molecule has 28 heavy (non-hydrogen) atoms. The van der Waals surface area contributed by atoms with Gasteiger partial charge in [-0.3, -0.25) is 4.90 Å². The highest BCUT2D eigenvalue weighted by Gasteiger charge is 2.11. The van der Waals surface area contributed by atoms with Crippen LogP contribution in [0.15, 0.2) is 54.6 Å². The Hall–Kier alpha value is -2.72. The predicted molar refractivity (Wildman–Crippen MR) is 112 cm³/mol. The van der Waals surface area contributed by atoms with Crippen molar-refractivity contribution in [2.75, 3.05) is 26.2 Å². The van der Waals surface area contributed by atoms with Crippen molar-refractivity contribution >= 4 is 10.8 Å². The van der Waals surface area contributed by atoms with Crippen molar-refractivity contribution in [1.29, 1.82) is 0 Å². The molecule has 0 aromatic heterocycles. The third kappa shape index (κ3) is 4.39. The van der Waals surface area contributed by atoms with Gasteiger partial charge in [0, 0.05) is 18.5 Å². The van der Waals surface area contributed by atoms with Crippen LogP contribution in [0.25, 0.3) is 10.8 Å². The lowest BCUT2D eigenvalue weighted by molar-refractivity contribution is 0.183. The molecule has 4 nitrogen and oxygen atoms in total. The van der Waals surface area contributed by atoms with Crippen molar-refractivity contribution in [1.82, 2.24) is 4.90 Å². The molecular formula is C24H27NO3. The van der Waals surface area contributed by atoms with Crippen molar-refractivity contribution in [2.24, 2.45) is 0 Å². The van der Waals surface area contributed by atoms with Crippen molar-refractivity contribution in [2.45, 2.75) is 25.7 Å². The fourth-order valence-electron chi connectivity index (χ4n) is 3.94. The van der Waals surface area contributed by atoms with Gasteiger partial charge in [-0.1, -0.05) is 30.7 Å². The molecule has 3 aromatic rings. The maximum absolute atomic E-state index is 10.3. The first-order valence-electron chi connectivity index (χ1n) is 10.1. The third-order valence-corrected chi connectivity index (χ3v) is 5.52. The van der Waals surface area contributed by atoms with E-state index in [2.05, 4.69) is 17.0 Å². The minimum absolute atomic E-state index is 0.232. The van der Waals surface area contributed by atoms with Gasteiger partial charge in [-0.15, -0.1) is 0 Å². The summed E-state index contributed by atoms with van der Waals surface area (Å²) in [5.74, 6) is 1.39. The average Bonchev–Trinajstić information content (AvgIpc) is 2.72. The number of benzene rings is 3. The molecule has 146 valence electrons. The average molecular weight is 377 g/mol. The lowest BCUT2D eigenvalue weighted by atomic mass is 9.97. The number of ether oxygens (including phenoxy) is 1. The molecule has 0 aliphatic carbocycles. The lowest BCUT2D eigenvalue weighted by Gasteiger charge is -2.26.